The van der Waals surface area contributed by atoms with Gasteiger partial charge in [-0.1, -0.05) is 67.6 Å². The summed E-state index contributed by atoms with van der Waals surface area (Å²) >= 11 is 0. The molecule has 0 atom stereocenters. The zero-order valence-electron chi connectivity index (χ0n) is 23.5. The predicted octanol–water partition coefficient (Wildman–Crippen LogP) is 7.26. The zero-order valence-corrected chi connectivity index (χ0v) is 23.5. The number of fused-ring (bicyclic) bond motifs is 1. The van der Waals surface area contributed by atoms with Crippen LogP contribution >= 0.6 is 0 Å². The minimum Gasteiger partial charge on any atom is -0.478 e. The van der Waals surface area contributed by atoms with E-state index in [0.29, 0.717) is 17.7 Å². The lowest BCUT2D eigenvalue weighted by Gasteiger charge is -2.12. The van der Waals surface area contributed by atoms with Crippen molar-refractivity contribution in [1.82, 2.24) is 19.1 Å². The van der Waals surface area contributed by atoms with E-state index in [2.05, 4.69) is 35.5 Å². The Balaban J connectivity index is 1.35. The molecule has 7 nitrogen and oxygen atoms in total. The van der Waals surface area contributed by atoms with E-state index in [0.717, 1.165) is 57.6 Å². The van der Waals surface area contributed by atoms with Crippen LogP contribution in [-0.2, 0) is 13.0 Å². The van der Waals surface area contributed by atoms with Crippen molar-refractivity contribution in [3.8, 4) is 22.4 Å². The van der Waals surface area contributed by atoms with Crippen LogP contribution < -0.4 is 0 Å². The van der Waals surface area contributed by atoms with E-state index >= 15 is 0 Å². The molecule has 6 rings (SSSR count). The van der Waals surface area contributed by atoms with Gasteiger partial charge in [0.05, 0.1) is 22.3 Å². The van der Waals surface area contributed by atoms with E-state index in [9.17, 15) is 14.7 Å². The summed E-state index contributed by atoms with van der Waals surface area (Å²) in [6.07, 6.45) is 5.14. The van der Waals surface area contributed by atoms with Crippen LogP contribution in [0.4, 0.5) is 0 Å². The second-order valence-corrected chi connectivity index (χ2v) is 10.4. The van der Waals surface area contributed by atoms with E-state index < -0.39 is 5.97 Å². The first-order valence-corrected chi connectivity index (χ1v) is 14.0. The van der Waals surface area contributed by atoms with Crippen molar-refractivity contribution in [3.63, 3.8) is 0 Å². The van der Waals surface area contributed by atoms with Gasteiger partial charge in [-0.3, -0.25) is 9.36 Å². The number of aromatic nitrogens is 4. The lowest BCUT2D eigenvalue weighted by molar-refractivity contribution is 0.0697. The van der Waals surface area contributed by atoms with E-state index in [-0.39, 0.29) is 11.5 Å². The normalized spacial score (nSPS) is 11.2. The SMILES string of the molecule is CCCc1nc2c(C)cc(-c3cn(C(=O)c4ccccc4)cn3)cc2n1Cc1ccc(-c2ccccc2C(=O)O)cc1. The molecule has 0 fully saturated rings. The van der Waals surface area contributed by atoms with Crippen molar-refractivity contribution < 1.29 is 14.7 Å². The van der Waals surface area contributed by atoms with Crippen LogP contribution in [0.1, 0.15) is 51.0 Å². The number of nitrogens with zero attached hydrogens (tertiary/aromatic N) is 4. The van der Waals surface area contributed by atoms with Gasteiger partial charge in [-0.05, 0) is 65.9 Å². The summed E-state index contributed by atoms with van der Waals surface area (Å²) in [5, 5.41) is 9.61. The fourth-order valence-electron chi connectivity index (χ4n) is 5.39. The molecule has 4 aromatic carbocycles. The second-order valence-electron chi connectivity index (χ2n) is 10.4. The van der Waals surface area contributed by atoms with Crippen LogP contribution in [-0.4, -0.2) is 36.1 Å². The van der Waals surface area contributed by atoms with Crippen molar-refractivity contribution in [2.24, 2.45) is 0 Å². The molecule has 0 aliphatic heterocycles. The van der Waals surface area contributed by atoms with Crippen molar-refractivity contribution in [2.75, 3.05) is 0 Å². The molecule has 2 heterocycles. The Hall–Kier alpha value is -5.30. The smallest absolute Gasteiger partial charge is 0.336 e. The molecule has 6 aromatic rings. The minimum atomic E-state index is -0.941. The number of carboxylic acid groups (broad SMARTS) is 1. The molecule has 0 aliphatic carbocycles. The third-order valence-electron chi connectivity index (χ3n) is 7.49. The lowest BCUT2D eigenvalue weighted by atomic mass is 9.98. The van der Waals surface area contributed by atoms with Crippen LogP contribution in [0.2, 0.25) is 0 Å². The van der Waals surface area contributed by atoms with Crippen molar-refractivity contribution in [3.05, 3.63) is 132 Å². The van der Waals surface area contributed by atoms with Gasteiger partial charge in [0.2, 0.25) is 0 Å². The monoisotopic (exact) mass is 554 g/mol. The molecule has 0 bridgehead atoms. The summed E-state index contributed by atoms with van der Waals surface area (Å²) in [5.74, 6) is -0.0566. The molecule has 7 heteroatoms. The van der Waals surface area contributed by atoms with Crippen LogP contribution in [0.15, 0.2) is 104 Å². The summed E-state index contributed by atoms with van der Waals surface area (Å²) in [7, 11) is 0. The maximum atomic E-state index is 12.9. The van der Waals surface area contributed by atoms with Gasteiger partial charge in [0, 0.05) is 30.3 Å². The van der Waals surface area contributed by atoms with Gasteiger partial charge in [0.25, 0.3) is 5.91 Å². The summed E-state index contributed by atoms with van der Waals surface area (Å²) in [4.78, 5) is 34.3. The maximum Gasteiger partial charge on any atom is 0.336 e. The van der Waals surface area contributed by atoms with Gasteiger partial charge in [0.15, 0.2) is 0 Å². The van der Waals surface area contributed by atoms with Crippen LogP contribution in [0.25, 0.3) is 33.4 Å². The third kappa shape index (κ3) is 5.12. The van der Waals surface area contributed by atoms with Crippen LogP contribution in [0, 0.1) is 6.92 Å². The average Bonchev–Trinajstić information content (AvgIpc) is 3.64. The van der Waals surface area contributed by atoms with E-state index in [1.807, 2.05) is 54.6 Å². The van der Waals surface area contributed by atoms with Crippen molar-refractivity contribution in [2.45, 2.75) is 33.2 Å². The molecular formula is C35H30N4O3. The highest BCUT2D eigenvalue weighted by Gasteiger charge is 2.17. The van der Waals surface area contributed by atoms with E-state index in [4.69, 9.17) is 4.98 Å². The molecule has 0 saturated heterocycles. The molecule has 42 heavy (non-hydrogen) atoms. The topological polar surface area (TPSA) is 90.0 Å². The first-order chi connectivity index (χ1) is 20.4. The molecular weight excluding hydrogens is 524 g/mol. The summed E-state index contributed by atoms with van der Waals surface area (Å²) in [6, 6.07) is 28.4. The van der Waals surface area contributed by atoms with Crippen molar-refractivity contribution >= 4 is 22.9 Å². The number of benzene rings is 4. The van der Waals surface area contributed by atoms with Gasteiger partial charge < -0.3 is 9.67 Å². The number of aryl methyl sites for hydroxylation is 2. The molecule has 0 spiro atoms. The quantitative estimate of drug-likeness (QED) is 0.214. The molecule has 208 valence electrons. The Morgan fingerprint density at radius 2 is 1.62 bits per heavy atom. The Kier molecular flexibility index (Phi) is 7.23. The van der Waals surface area contributed by atoms with E-state index in [1.165, 1.54) is 4.57 Å². The molecule has 0 radical (unpaired) electrons. The van der Waals surface area contributed by atoms with Crippen LogP contribution in [0.3, 0.4) is 0 Å². The maximum absolute atomic E-state index is 12.9. The Bertz CT molecular complexity index is 1920. The number of aromatic carboxylic acids is 1. The summed E-state index contributed by atoms with van der Waals surface area (Å²) in [6.45, 7) is 4.82. The highest BCUT2D eigenvalue weighted by molar-refractivity contribution is 5.97. The van der Waals surface area contributed by atoms with Gasteiger partial charge in [-0.15, -0.1) is 0 Å². The Morgan fingerprint density at radius 1 is 0.881 bits per heavy atom. The van der Waals surface area contributed by atoms with Crippen molar-refractivity contribution in [1.29, 1.82) is 0 Å². The van der Waals surface area contributed by atoms with Gasteiger partial charge >= 0.3 is 5.97 Å². The largest absolute Gasteiger partial charge is 0.478 e. The van der Waals surface area contributed by atoms with Crippen LogP contribution in [0.5, 0.6) is 0 Å². The molecule has 0 amide bonds. The Morgan fingerprint density at radius 3 is 2.36 bits per heavy atom. The third-order valence-corrected chi connectivity index (χ3v) is 7.49. The molecule has 1 N–H and O–H groups in total. The number of imidazole rings is 2. The highest BCUT2D eigenvalue weighted by atomic mass is 16.4. The summed E-state index contributed by atoms with van der Waals surface area (Å²) < 4.78 is 3.77. The summed E-state index contributed by atoms with van der Waals surface area (Å²) in [5.41, 5.74) is 8.18. The number of rotatable bonds is 8. The first kappa shape index (κ1) is 26.9. The Labute approximate surface area is 243 Å². The van der Waals surface area contributed by atoms with Gasteiger partial charge in [-0.25, -0.2) is 14.8 Å². The minimum absolute atomic E-state index is 0.128. The molecule has 2 aromatic heterocycles. The standard InChI is InChI=1S/C35H30N4O3/c1-3-9-32-37-33-23(2)18-27(30-21-38(22-36-30)34(40)26-10-5-4-6-11-26)19-31(33)39(32)20-24-14-16-25(17-15-24)28-12-7-8-13-29(28)35(41)42/h4-8,10-19,21-22H,3,9,20H2,1-2H3,(H,41,42). The number of hydrogen-bond donors (Lipinski definition) is 1. The van der Waals surface area contributed by atoms with E-state index in [1.54, 1.807) is 36.8 Å². The number of carbonyl (C=O) groups excluding carboxylic acids is 1. The fourth-order valence-corrected chi connectivity index (χ4v) is 5.39. The van der Waals surface area contributed by atoms with Gasteiger partial charge in [-0.2, -0.15) is 0 Å². The number of carbonyl (C=O) groups is 2. The predicted molar refractivity (Wildman–Crippen MR) is 164 cm³/mol. The lowest BCUT2D eigenvalue weighted by Crippen LogP contribution is -2.09. The molecule has 0 aliphatic rings. The average molecular weight is 555 g/mol. The number of hydrogen-bond acceptors (Lipinski definition) is 4. The highest BCUT2D eigenvalue weighted by Crippen LogP contribution is 2.30. The zero-order chi connectivity index (χ0) is 29.2. The molecule has 0 saturated carbocycles. The fraction of sp³-hybridized carbons (Fsp3) is 0.143. The molecule has 0 unspecified atom stereocenters. The van der Waals surface area contributed by atoms with Gasteiger partial charge in [0.1, 0.15) is 12.2 Å². The number of carboxylic acids is 1. The first-order valence-electron chi connectivity index (χ1n) is 14.0. The second kappa shape index (κ2) is 11.3.